The molecule has 0 atom stereocenters. The van der Waals surface area contributed by atoms with Crippen LogP contribution in [0, 0.1) is 0 Å². The molecule has 0 bridgehead atoms. The highest BCUT2D eigenvalue weighted by atomic mass is 79.9. The number of furan rings is 1. The molecule has 2 heterocycles. The fourth-order valence-electron chi connectivity index (χ4n) is 3.70. The molecule has 0 N–H and O–H groups in total. The molecule has 0 unspecified atom stereocenters. The molecule has 7 nitrogen and oxygen atoms in total. The summed E-state index contributed by atoms with van der Waals surface area (Å²) < 4.78 is 19.1. The summed E-state index contributed by atoms with van der Waals surface area (Å²) in [4.78, 5) is 18.1. The molecular weight excluding hydrogens is 510 g/mol. The summed E-state index contributed by atoms with van der Waals surface area (Å²) in [6.07, 6.45) is 3.27. The highest BCUT2D eigenvalue weighted by Crippen LogP contribution is 2.33. The van der Waals surface area contributed by atoms with Crippen molar-refractivity contribution in [1.29, 1.82) is 0 Å². The second kappa shape index (κ2) is 9.60. The Kier molecular flexibility index (Phi) is 6.20. The number of aromatic nitrogens is 2. The second-order valence-corrected chi connectivity index (χ2v) is 8.44. The summed E-state index contributed by atoms with van der Waals surface area (Å²) in [5.41, 5.74) is 1.63. The van der Waals surface area contributed by atoms with E-state index in [1.54, 1.807) is 43.7 Å². The van der Waals surface area contributed by atoms with Gasteiger partial charge in [0.15, 0.2) is 5.76 Å². The highest BCUT2D eigenvalue weighted by Gasteiger charge is 2.17. The first-order valence-corrected chi connectivity index (χ1v) is 11.5. The number of para-hydroxylation sites is 1. The first kappa shape index (κ1) is 22.6. The van der Waals surface area contributed by atoms with E-state index >= 15 is 0 Å². The molecule has 0 saturated heterocycles. The smallest absolute Gasteiger partial charge is 0.282 e. The van der Waals surface area contributed by atoms with E-state index in [0.29, 0.717) is 40.4 Å². The molecule has 174 valence electrons. The van der Waals surface area contributed by atoms with Crippen LogP contribution in [-0.4, -0.2) is 29.6 Å². The molecule has 5 rings (SSSR count). The van der Waals surface area contributed by atoms with Crippen LogP contribution < -0.4 is 15.0 Å². The van der Waals surface area contributed by atoms with Gasteiger partial charge in [-0.1, -0.05) is 30.9 Å². The van der Waals surface area contributed by atoms with E-state index < -0.39 is 0 Å². The SMILES string of the molecule is C=CCOc1ccc(C=Nn2c(-c3cc4c(OC)cccc4o3)nc3ccccc3c2=O)cc1Br. The van der Waals surface area contributed by atoms with Gasteiger partial charge in [-0.15, -0.1) is 0 Å². The quantitative estimate of drug-likeness (QED) is 0.190. The molecule has 0 amide bonds. The fraction of sp³-hybridized carbons (Fsp3) is 0.0741. The number of fused-ring (bicyclic) bond motifs is 2. The Morgan fingerprint density at radius 3 is 2.74 bits per heavy atom. The summed E-state index contributed by atoms with van der Waals surface area (Å²) >= 11 is 3.51. The third-order valence-corrected chi connectivity index (χ3v) is 5.97. The van der Waals surface area contributed by atoms with Crippen LogP contribution in [0.5, 0.6) is 11.5 Å². The van der Waals surface area contributed by atoms with Gasteiger partial charge < -0.3 is 13.9 Å². The van der Waals surface area contributed by atoms with Gasteiger partial charge in [-0.3, -0.25) is 4.79 Å². The van der Waals surface area contributed by atoms with E-state index in [1.807, 2.05) is 42.5 Å². The van der Waals surface area contributed by atoms with Crippen LogP contribution in [0.4, 0.5) is 0 Å². The van der Waals surface area contributed by atoms with Crippen molar-refractivity contribution in [3.63, 3.8) is 0 Å². The molecule has 5 aromatic rings. The Hall–Kier alpha value is -4.17. The Morgan fingerprint density at radius 2 is 1.94 bits per heavy atom. The minimum absolute atomic E-state index is 0.285. The number of halogens is 1. The lowest BCUT2D eigenvalue weighted by atomic mass is 10.2. The maximum absolute atomic E-state index is 13.4. The monoisotopic (exact) mass is 529 g/mol. The molecule has 0 radical (unpaired) electrons. The van der Waals surface area contributed by atoms with Gasteiger partial charge in [0, 0.05) is 0 Å². The number of benzene rings is 3. The topological polar surface area (TPSA) is 78.8 Å². The van der Waals surface area contributed by atoms with E-state index in [0.717, 1.165) is 15.4 Å². The van der Waals surface area contributed by atoms with Gasteiger partial charge in [0.25, 0.3) is 5.56 Å². The van der Waals surface area contributed by atoms with Crippen molar-refractivity contribution in [2.24, 2.45) is 5.10 Å². The van der Waals surface area contributed by atoms with E-state index in [2.05, 4.69) is 27.6 Å². The molecule has 2 aromatic heterocycles. The van der Waals surface area contributed by atoms with Crippen molar-refractivity contribution in [3.8, 4) is 23.1 Å². The molecule has 0 spiro atoms. The number of methoxy groups -OCH3 is 1. The van der Waals surface area contributed by atoms with Gasteiger partial charge in [-0.25, -0.2) is 4.98 Å². The standard InChI is InChI=1S/C27H20BrN3O4/c1-3-13-34-24-12-11-17(14-20(24)28)16-29-31-26(30-21-8-5-4-7-18(21)27(31)32)25-15-19-22(33-2)9-6-10-23(19)35-25/h3-12,14-16H,1,13H2,2H3. The van der Waals surface area contributed by atoms with Gasteiger partial charge in [-0.05, 0) is 70.0 Å². The average molecular weight is 530 g/mol. The van der Waals surface area contributed by atoms with Gasteiger partial charge in [-0.2, -0.15) is 9.78 Å². The van der Waals surface area contributed by atoms with Crippen LogP contribution in [0.25, 0.3) is 33.5 Å². The maximum Gasteiger partial charge on any atom is 0.282 e. The summed E-state index contributed by atoms with van der Waals surface area (Å²) in [6, 6.07) is 20.0. The van der Waals surface area contributed by atoms with Gasteiger partial charge in [0.2, 0.25) is 5.82 Å². The molecule has 0 aliphatic carbocycles. The lowest BCUT2D eigenvalue weighted by Crippen LogP contribution is -2.20. The number of hydrogen-bond acceptors (Lipinski definition) is 6. The second-order valence-electron chi connectivity index (χ2n) is 7.59. The van der Waals surface area contributed by atoms with Crippen molar-refractivity contribution < 1.29 is 13.9 Å². The zero-order chi connectivity index (χ0) is 24.4. The van der Waals surface area contributed by atoms with Crippen molar-refractivity contribution >= 4 is 44.0 Å². The first-order valence-electron chi connectivity index (χ1n) is 10.8. The molecule has 0 aliphatic rings. The molecular formula is C27H20BrN3O4. The lowest BCUT2D eigenvalue weighted by Gasteiger charge is -2.08. The van der Waals surface area contributed by atoms with Crippen molar-refractivity contribution in [2.75, 3.05) is 13.7 Å². The molecule has 0 fully saturated rings. The molecule has 35 heavy (non-hydrogen) atoms. The van der Waals surface area contributed by atoms with Gasteiger partial charge in [0.1, 0.15) is 23.7 Å². The predicted molar refractivity (Wildman–Crippen MR) is 141 cm³/mol. The number of nitrogens with zero attached hydrogens (tertiary/aromatic N) is 3. The summed E-state index contributed by atoms with van der Waals surface area (Å²) in [5, 5.41) is 5.73. The van der Waals surface area contributed by atoms with E-state index in [9.17, 15) is 4.79 Å². The van der Waals surface area contributed by atoms with E-state index in [-0.39, 0.29) is 11.4 Å². The maximum atomic E-state index is 13.4. The Labute approximate surface area is 209 Å². The lowest BCUT2D eigenvalue weighted by molar-refractivity contribution is 0.361. The van der Waals surface area contributed by atoms with Crippen LogP contribution in [0.3, 0.4) is 0 Å². The molecule has 0 aliphatic heterocycles. The Balaban J connectivity index is 1.64. The van der Waals surface area contributed by atoms with Crippen LogP contribution in [0.2, 0.25) is 0 Å². The van der Waals surface area contributed by atoms with Crippen LogP contribution in [0.1, 0.15) is 5.56 Å². The predicted octanol–water partition coefficient (Wildman–Crippen LogP) is 6.03. The normalized spacial score (nSPS) is 11.4. The third-order valence-electron chi connectivity index (χ3n) is 5.35. The van der Waals surface area contributed by atoms with Crippen molar-refractivity contribution in [3.05, 3.63) is 99.8 Å². The van der Waals surface area contributed by atoms with Gasteiger partial charge in [0.05, 0.1) is 34.1 Å². The van der Waals surface area contributed by atoms with Crippen molar-refractivity contribution in [1.82, 2.24) is 9.66 Å². The Morgan fingerprint density at radius 1 is 1.09 bits per heavy atom. The average Bonchev–Trinajstić information content (AvgIpc) is 3.32. The van der Waals surface area contributed by atoms with Crippen LogP contribution in [-0.2, 0) is 0 Å². The van der Waals surface area contributed by atoms with Crippen LogP contribution >= 0.6 is 15.9 Å². The zero-order valence-electron chi connectivity index (χ0n) is 18.8. The van der Waals surface area contributed by atoms with E-state index in [1.165, 1.54) is 4.68 Å². The highest BCUT2D eigenvalue weighted by molar-refractivity contribution is 9.10. The number of rotatable bonds is 7. The summed E-state index contributed by atoms with van der Waals surface area (Å²) in [7, 11) is 1.60. The van der Waals surface area contributed by atoms with Crippen LogP contribution in [0.15, 0.2) is 98.2 Å². The fourth-order valence-corrected chi connectivity index (χ4v) is 4.21. The zero-order valence-corrected chi connectivity index (χ0v) is 20.4. The number of hydrogen-bond donors (Lipinski definition) is 0. The summed E-state index contributed by atoms with van der Waals surface area (Å²) in [6.45, 7) is 4.06. The van der Waals surface area contributed by atoms with Crippen molar-refractivity contribution in [2.45, 2.75) is 0 Å². The number of ether oxygens (including phenoxy) is 2. The van der Waals surface area contributed by atoms with Gasteiger partial charge >= 0.3 is 0 Å². The third kappa shape index (κ3) is 4.36. The minimum Gasteiger partial charge on any atom is -0.496 e. The minimum atomic E-state index is -0.306. The molecule has 0 saturated carbocycles. The molecule has 8 heteroatoms. The Bertz CT molecular complexity index is 1650. The largest absolute Gasteiger partial charge is 0.496 e. The molecule has 3 aromatic carbocycles. The van der Waals surface area contributed by atoms with E-state index in [4.69, 9.17) is 18.9 Å². The summed E-state index contributed by atoms with van der Waals surface area (Å²) in [5.74, 6) is 2.04. The first-order chi connectivity index (χ1) is 17.1.